The van der Waals surface area contributed by atoms with E-state index in [0.29, 0.717) is 5.75 Å². The predicted octanol–water partition coefficient (Wildman–Crippen LogP) is 5.97. The summed E-state index contributed by atoms with van der Waals surface area (Å²) in [5.74, 6) is 0.354. The summed E-state index contributed by atoms with van der Waals surface area (Å²) >= 11 is 0. The SMILES string of the molecule is C=C.Cc1cc(C)cc(O)c1.Cc1ccc(N)cc1.Cc1ccc(N)cc1. The number of nitrogen functional groups attached to an aromatic ring is 2. The lowest BCUT2D eigenvalue weighted by Crippen LogP contribution is -1.81. The van der Waals surface area contributed by atoms with Gasteiger partial charge in [0.25, 0.3) is 0 Å². The van der Waals surface area contributed by atoms with Crippen LogP contribution in [0.15, 0.2) is 79.9 Å². The van der Waals surface area contributed by atoms with Crippen LogP contribution in [0.1, 0.15) is 22.3 Å². The third-order valence-corrected chi connectivity index (χ3v) is 3.36. The number of aromatic hydroxyl groups is 1. The molecule has 0 aliphatic carbocycles. The van der Waals surface area contributed by atoms with Crippen molar-refractivity contribution in [2.24, 2.45) is 0 Å². The molecular formula is C24H32N2O. The summed E-state index contributed by atoms with van der Waals surface area (Å²) in [7, 11) is 0. The van der Waals surface area contributed by atoms with Crippen LogP contribution in [-0.4, -0.2) is 5.11 Å². The minimum atomic E-state index is 0.354. The molecule has 0 radical (unpaired) electrons. The standard InChI is InChI=1S/C8H10O.2C7H9N.C2H4/c1-6-3-7(2)5-8(9)4-6;2*1-6-2-4-7(8)5-3-6;1-2/h3-5,9H,1-2H3;2*2-5H,8H2,1H3;1-2H2. The van der Waals surface area contributed by atoms with Crippen molar-refractivity contribution in [3.05, 3.63) is 102 Å². The molecule has 0 fully saturated rings. The number of aryl methyl sites for hydroxylation is 4. The molecule has 0 aliphatic heterocycles. The normalized spacial score (nSPS) is 8.74. The van der Waals surface area contributed by atoms with Gasteiger partial charge in [0.2, 0.25) is 0 Å². The zero-order valence-corrected chi connectivity index (χ0v) is 16.9. The summed E-state index contributed by atoms with van der Waals surface area (Å²) in [6.45, 7) is 14.0. The van der Waals surface area contributed by atoms with E-state index < -0.39 is 0 Å². The number of phenols is 1. The monoisotopic (exact) mass is 364 g/mol. The first kappa shape index (κ1) is 23.8. The molecule has 3 aromatic rings. The molecule has 0 saturated carbocycles. The highest BCUT2D eigenvalue weighted by atomic mass is 16.3. The largest absolute Gasteiger partial charge is 0.508 e. The van der Waals surface area contributed by atoms with Crippen LogP contribution < -0.4 is 11.5 Å². The second-order valence-corrected chi connectivity index (χ2v) is 6.17. The minimum absolute atomic E-state index is 0.354. The van der Waals surface area contributed by atoms with Crippen molar-refractivity contribution in [3.63, 3.8) is 0 Å². The van der Waals surface area contributed by atoms with Gasteiger partial charge in [0, 0.05) is 11.4 Å². The smallest absolute Gasteiger partial charge is 0.116 e. The fraction of sp³-hybridized carbons (Fsp3) is 0.167. The first-order valence-corrected chi connectivity index (χ1v) is 8.68. The Kier molecular flexibility index (Phi) is 11.5. The average Bonchev–Trinajstić information content (AvgIpc) is 2.62. The van der Waals surface area contributed by atoms with Crippen molar-refractivity contribution in [2.45, 2.75) is 27.7 Å². The first-order valence-electron chi connectivity index (χ1n) is 8.68. The maximum absolute atomic E-state index is 8.99. The molecule has 3 nitrogen and oxygen atoms in total. The summed E-state index contributed by atoms with van der Waals surface area (Å²) in [5.41, 5.74) is 17.2. The van der Waals surface area contributed by atoms with Gasteiger partial charge in [0.1, 0.15) is 5.75 Å². The van der Waals surface area contributed by atoms with Crippen LogP contribution in [0.3, 0.4) is 0 Å². The van der Waals surface area contributed by atoms with Crippen LogP contribution in [0.4, 0.5) is 11.4 Å². The Morgan fingerprint density at radius 2 is 0.852 bits per heavy atom. The van der Waals surface area contributed by atoms with E-state index in [0.717, 1.165) is 22.5 Å². The molecule has 0 heterocycles. The van der Waals surface area contributed by atoms with E-state index in [1.165, 1.54) is 11.1 Å². The Hall–Kier alpha value is -3.20. The van der Waals surface area contributed by atoms with Gasteiger partial charge in [-0.2, -0.15) is 0 Å². The number of benzene rings is 3. The number of anilines is 2. The summed E-state index contributed by atoms with van der Waals surface area (Å²) in [6.07, 6.45) is 0. The van der Waals surface area contributed by atoms with Crippen molar-refractivity contribution >= 4 is 11.4 Å². The first-order chi connectivity index (χ1) is 12.8. The zero-order valence-electron chi connectivity index (χ0n) is 16.9. The van der Waals surface area contributed by atoms with E-state index in [1.807, 2.05) is 82.3 Å². The molecule has 3 rings (SSSR count). The molecular weight excluding hydrogens is 332 g/mol. The zero-order chi connectivity index (χ0) is 20.8. The van der Waals surface area contributed by atoms with Crippen LogP contribution in [0.25, 0.3) is 0 Å². The molecule has 0 saturated heterocycles. The summed E-state index contributed by atoms with van der Waals surface area (Å²) < 4.78 is 0. The fourth-order valence-corrected chi connectivity index (χ4v) is 2.08. The van der Waals surface area contributed by atoms with E-state index in [9.17, 15) is 0 Å². The van der Waals surface area contributed by atoms with Gasteiger partial charge in [0.05, 0.1) is 0 Å². The van der Waals surface area contributed by atoms with Crippen LogP contribution in [-0.2, 0) is 0 Å². The van der Waals surface area contributed by atoms with Gasteiger partial charge in [-0.15, -0.1) is 13.2 Å². The third-order valence-electron chi connectivity index (χ3n) is 3.36. The molecule has 3 aromatic carbocycles. The Morgan fingerprint density at radius 3 is 1.07 bits per heavy atom. The maximum atomic E-state index is 8.99. The average molecular weight is 365 g/mol. The van der Waals surface area contributed by atoms with E-state index in [-0.39, 0.29) is 0 Å². The Bertz CT molecular complexity index is 643. The summed E-state index contributed by atoms with van der Waals surface area (Å²) in [4.78, 5) is 0. The third kappa shape index (κ3) is 11.9. The van der Waals surface area contributed by atoms with Crippen molar-refractivity contribution in [3.8, 4) is 5.75 Å². The number of hydrogen-bond donors (Lipinski definition) is 3. The number of hydrogen-bond acceptors (Lipinski definition) is 3. The molecule has 0 spiro atoms. The molecule has 144 valence electrons. The topological polar surface area (TPSA) is 72.3 Å². The van der Waals surface area contributed by atoms with Crippen LogP contribution >= 0.6 is 0 Å². The van der Waals surface area contributed by atoms with Crippen LogP contribution in [0.5, 0.6) is 5.75 Å². The Labute approximate surface area is 164 Å². The van der Waals surface area contributed by atoms with Gasteiger partial charge in [-0.3, -0.25) is 0 Å². The molecule has 0 aromatic heterocycles. The Balaban J connectivity index is 0.000000359. The Morgan fingerprint density at radius 1 is 0.556 bits per heavy atom. The molecule has 0 unspecified atom stereocenters. The molecule has 0 atom stereocenters. The molecule has 0 bridgehead atoms. The second-order valence-electron chi connectivity index (χ2n) is 6.17. The minimum Gasteiger partial charge on any atom is -0.508 e. The van der Waals surface area contributed by atoms with Gasteiger partial charge in [0.15, 0.2) is 0 Å². The lowest BCUT2D eigenvalue weighted by molar-refractivity contribution is 0.474. The number of rotatable bonds is 0. The maximum Gasteiger partial charge on any atom is 0.116 e. The second kappa shape index (κ2) is 13.1. The lowest BCUT2D eigenvalue weighted by Gasteiger charge is -1.95. The van der Waals surface area contributed by atoms with Crippen molar-refractivity contribution in [1.29, 1.82) is 0 Å². The quantitative estimate of drug-likeness (QED) is 0.340. The number of nitrogens with two attached hydrogens (primary N) is 2. The van der Waals surface area contributed by atoms with Gasteiger partial charge < -0.3 is 16.6 Å². The highest BCUT2D eigenvalue weighted by Gasteiger charge is 1.89. The van der Waals surface area contributed by atoms with Gasteiger partial charge in [-0.25, -0.2) is 0 Å². The molecule has 5 N–H and O–H groups in total. The number of phenolic OH excluding ortho intramolecular Hbond substituents is 1. The van der Waals surface area contributed by atoms with E-state index in [4.69, 9.17) is 16.6 Å². The highest BCUT2D eigenvalue weighted by molar-refractivity contribution is 5.39. The van der Waals surface area contributed by atoms with E-state index in [2.05, 4.69) is 13.2 Å². The van der Waals surface area contributed by atoms with Crippen LogP contribution in [0.2, 0.25) is 0 Å². The molecule has 27 heavy (non-hydrogen) atoms. The molecule has 0 aliphatic rings. The molecule has 0 amide bonds. The van der Waals surface area contributed by atoms with Gasteiger partial charge in [-0.05, 0) is 75.2 Å². The summed E-state index contributed by atoms with van der Waals surface area (Å²) in [6, 6.07) is 21.1. The fourth-order valence-electron chi connectivity index (χ4n) is 2.08. The van der Waals surface area contributed by atoms with Crippen molar-refractivity contribution in [2.75, 3.05) is 11.5 Å². The van der Waals surface area contributed by atoms with Crippen LogP contribution in [0, 0.1) is 27.7 Å². The molecule has 3 heteroatoms. The predicted molar refractivity (Wildman–Crippen MR) is 120 cm³/mol. The van der Waals surface area contributed by atoms with Gasteiger partial charge in [-0.1, -0.05) is 41.5 Å². The van der Waals surface area contributed by atoms with Crippen molar-refractivity contribution < 1.29 is 5.11 Å². The van der Waals surface area contributed by atoms with E-state index >= 15 is 0 Å². The van der Waals surface area contributed by atoms with Crippen molar-refractivity contribution in [1.82, 2.24) is 0 Å². The van der Waals surface area contributed by atoms with Gasteiger partial charge >= 0.3 is 0 Å². The highest BCUT2D eigenvalue weighted by Crippen LogP contribution is 2.13. The van der Waals surface area contributed by atoms with E-state index in [1.54, 1.807) is 12.1 Å². The summed E-state index contributed by atoms with van der Waals surface area (Å²) in [5, 5.41) is 8.99. The lowest BCUT2D eigenvalue weighted by atomic mass is 10.1.